The predicted molar refractivity (Wildman–Crippen MR) is 131 cm³/mol. The van der Waals surface area contributed by atoms with Gasteiger partial charge in [-0.1, -0.05) is 25.5 Å². The standard InChI is InChI=1S/C26H34F2N2O6/c1-3-5-14-34-15-12-30(26(33)29-23-11-8-20(27)18-22(23)28)13-16-36-21-9-6-19(7-10-21)17-24(25(31)32)35-4-2/h6-11,18,24H,3-5,12-17H2,1-2H3,(H,29,33)(H,31,32). The molecule has 0 aliphatic heterocycles. The van der Waals surface area contributed by atoms with Crippen molar-refractivity contribution >= 4 is 17.7 Å². The van der Waals surface area contributed by atoms with Gasteiger partial charge in [0.2, 0.25) is 0 Å². The van der Waals surface area contributed by atoms with E-state index in [-0.39, 0.29) is 31.8 Å². The fourth-order valence-corrected chi connectivity index (χ4v) is 3.25. The Bertz CT molecular complexity index is 958. The van der Waals surface area contributed by atoms with E-state index in [0.717, 1.165) is 30.5 Å². The van der Waals surface area contributed by atoms with Gasteiger partial charge in [0.25, 0.3) is 0 Å². The SMILES string of the molecule is CCCCOCCN(CCOc1ccc(CC(OCC)C(=O)O)cc1)C(=O)Nc1ccc(F)cc1F. The van der Waals surface area contributed by atoms with Crippen LogP contribution >= 0.6 is 0 Å². The van der Waals surface area contributed by atoms with Crippen LogP contribution in [0.2, 0.25) is 0 Å². The summed E-state index contributed by atoms with van der Waals surface area (Å²) in [4.78, 5) is 25.4. The number of aliphatic carboxylic acids is 1. The molecule has 0 saturated carbocycles. The number of hydrogen-bond donors (Lipinski definition) is 2. The fraction of sp³-hybridized carbons (Fsp3) is 0.462. The Balaban J connectivity index is 1.93. The van der Waals surface area contributed by atoms with Gasteiger partial charge in [-0.25, -0.2) is 18.4 Å². The second-order valence-corrected chi connectivity index (χ2v) is 7.99. The number of urea groups is 1. The number of carboxylic acid groups (broad SMARTS) is 1. The Hall–Kier alpha value is -3.24. The average Bonchev–Trinajstić information content (AvgIpc) is 2.85. The fourth-order valence-electron chi connectivity index (χ4n) is 3.25. The first kappa shape index (κ1) is 29.0. The second kappa shape index (κ2) is 15.7. The summed E-state index contributed by atoms with van der Waals surface area (Å²) >= 11 is 0. The maximum atomic E-state index is 14.0. The molecule has 10 heteroatoms. The van der Waals surface area contributed by atoms with Crippen LogP contribution in [0.3, 0.4) is 0 Å². The highest BCUT2D eigenvalue weighted by Crippen LogP contribution is 2.17. The number of rotatable bonds is 16. The van der Waals surface area contributed by atoms with Crippen LogP contribution in [-0.4, -0.2) is 67.6 Å². The first-order valence-corrected chi connectivity index (χ1v) is 12.0. The largest absolute Gasteiger partial charge is 0.492 e. The molecule has 2 aromatic rings. The number of nitrogens with zero attached hydrogens (tertiary/aromatic N) is 1. The van der Waals surface area contributed by atoms with E-state index >= 15 is 0 Å². The Labute approximate surface area is 210 Å². The number of ether oxygens (including phenoxy) is 3. The van der Waals surface area contributed by atoms with E-state index in [9.17, 15) is 23.5 Å². The number of unbranched alkanes of at least 4 members (excludes halogenated alkanes) is 1. The Morgan fingerprint density at radius 2 is 1.75 bits per heavy atom. The second-order valence-electron chi connectivity index (χ2n) is 7.99. The molecule has 2 rings (SSSR count). The number of carbonyl (C=O) groups is 2. The van der Waals surface area contributed by atoms with Crippen molar-refractivity contribution in [3.8, 4) is 5.75 Å². The third kappa shape index (κ3) is 10.2. The van der Waals surface area contributed by atoms with Crippen molar-refractivity contribution in [2.24, 2.45) is 0 Å². The van der Waals surface area contributed by atoms with Crippen molar-refractivity contribution in [3.63, 3.8) is 0 Å². The van der Waals surface area contributed by atoms with E-state index < -0.39 is 29.7 Å². The number of amides is 2. The molecule has 198 valence electrons. The van der Waals surface area contributed by atoms with E-state index in [2.05, 4.69) is 5.32 Å². The summed E-state index contributed by atoms with van der Waals surface area (Å²) in [5.41, 5.74) is 0.663. The van der Waals surface area contributed by atoms with E-state index in [1.807, 2.05) is 6.92 Å². The van der Waals surface area contributed by atoms with Crippen molar-refractivity contribution in [1.29, 1.82) is 0 Å². The first-order valence-electron chi connectivity index (χ1n) is 12.0. The molecule has 0 aliphatic rings. The van der Waals surface area contributed by atoms with Gasteiger partial charge in [-0.05, 0) is 43.2 Å². The van der Waals surface area contributed by atoms with Crippen molar-refractivity contribution < 1.29 is 37.7 Å². The molecule has 36 heavy (non-hydrogen) atoms. The van der Waals surface area contributed by atoms with Crippen molar-refractivity contribution in [2.75, 3.05) is 44.8 Å². The highest BCUT2D eigenvalue weighted by atomic mass is 19.1. The van der Waals surface area contributed by atoms with Crippen LogP contribution in [0.15, 0.2) is 42.5 Å². The monoisotopic (exact) mass is 508 g/mol. The van der Waals surface area contributed by atoms with E-state index in [0.29, 0.717) is 31.6 Å². The minimum absolute atomic E-state index is 0.124. The van der Waals surface area contributed by atoms with Gasteiger partial charge < -0.3 is 29.5 Å². The number of anilines is 1. The highest BCUT2D eigenvalue weighted by Gasteiger charge is 2.18. The zero-order chi connectivity index (χ0) is 26.3. The van der Waals surface area contributed by atoms with Gasteiger partial charge in [-0.3, -0.25) is 0 Å². The lowest BCUT2D eigenvalue weighted by Crippen LogP contribution is -2.40. The molecule has 0 fully saturated rings. The molecule has 2 N–H and O–H groups in total. The number of carbonyl (C=O) groups excluding carboxylic acids is 1. The van der Waals surface area contributed by atoms with Gasteiger partial charge in [-0.15, -0.1) is 0 Å². The van der Waals surface area contributed by atoms with Crippen LogP contribution in [0, 0.1) is 11.6 Å². The van der Waals surface area contributed by atoms with Crippen LogP contribution in [0.1, 0.15) is 32.3 Å². The van der Waals surface area contributed by atoms with Crippen LogP contribution in [0.5, 0.6) is 5.75 Å². The molecule has 2 aromatic carbocycles. The third-order valence-electron chi connectivity index (χ3n) is 5.23. The molecule has 1 unspecified atom stereocenters. The maximum Gasteiger partial charge on any atom is 0.333 e. The highest BCUT2D eigenvalue weighted by molar-refractivity contribution is 5.89. The van der Waals surface area contributed by atoms with Gasteiger partial charge >= 0.3 is 12.0 Å². The van der Waals surface area contributed by atoms with Gasteiger partial charge in [0, 0.05) is 32.2 Å². The molecule has 0 spiro atoms. The summed E-state index contributed by atoms with van der Waals surface area (Å²) in [7, 11) is 0. The molecule has 2 amide bonds. The van der Waals surface area contributed by atoms with Gasteiger partial charge in [0.05, 0.1) is 18.8 Å². The molecule has 0 bridgehead atoms. The van der Waals surface area contributed by atoms with Crippen LogP contribution in [0.4, 0.5) is 19.3 Å². The summed E-state index contributed by atoms with van der Waals surface area (Å²) in [6, 6.07) is 9.32. The smallest absolute Gasteiger partial charge is 0.333 e. The molecule has 0 radical (unpaired) electrons. The summed E-state index contributed by atoms with van der Waals surface area (Å²) in [5.74, 6) is -2.07. The third-order valence-corrected chi connectivity index (χ3v) is 5.23. The van der Waals surface area contributed by atoms with E-state index in [1.54, 1.807) is 31.2 Å². The molecule has 1 atom stereocenters. The van der Waals surface area contributed by atoms with Crippen molar-refractivity contribution in [3.05, 3.63) is 59.7 Å². The minimum Gasteiger partial charge on any atom is -0.492 e. The molecular weight excluding hydrogens is 474 g/mol. The van der Waals surface area contributed by atoms with Crippen molar-refractivity contribution in [1.82, 2.24) is 4.90 Å². The van der Waals surface area contributed by atoms with E-state index in [4.69, 9.17) is 14.2 Å². The normalized spacial score (nSPS) is 11.7. The van der Waals surface area contributed by atoms with Crippen LogP contribution < -0.4 is 10.1 Å². The van der Waals surface area contributed by atoms with Crippen LogP contribution in [0.25, 0.3) is 0 Å². The number of carboxylic acids is 1. The summed E-state index contributed by atoms with van der Waals surface area (Å²) in [6.07, 6.45) is 1.21. The molecule has 0 heterocycles. The number of halogens is 2. The molecule has 0 aliphatic carbocycles. The lowest BCUT2D eigenvalue weighted by atomic mass is 10.1. The molecular formula is C26H34F2N2O6. The molecule has 0 aromatic heterocycles. The topological polar surface area (TPSA) is 97.3 Å². The predicted octanol–water partition coefficient (Wildman–Crippen LogP) is 4.73. The lowest BCUT2D eigenvalue weighted by molar-refractivity contribution is -0.149. The average molecular weight is 509 g/mol. The number of benzene rings is 2. The number of hydrogen-bond acceptors (Lipinski definition) is 5. The van der Waals surface area contributed by atoms with Crippen LogP contribution in [-0.2, 0) is 20.7 Å². The van der Waals surface area contributed by atoms with Gasteiger partial charge in [0.15, 0.2) is 6.10 Å². The summed E-state index contributed by atoms with van der Waals surface area (Å²) in [6.45, 7) is 5.58. The zero-order valence-electron chi connectivity index (χ0n) is 20.7. The minimum atomic E-state index is -1.02. The van der Waals surface area contributed by atoms with E-state index in [1.165, 1.54) is 4.90 Å². The Morgan fingerprint density at radius 1 is 1.03 bits per heavy atom. The summed E-state index contributed by atoms with van der Waals surface area (Å²) in [5, 5.41) is 11.7. The Morgan fingerprint density at radius 3 is 2.39 bits per heavy atom. The summed E-state index contributed by atoms with van der Waals surface area (Å²) < 4.78 is 43.7. The lowest BCUT2D eigenvalue weighted by Gasteiger charge is -2.23. The quantitative estimate of drug-likeness (QED) is 0.318. The maximum absolute atomic E-state index is 14.0. The first-order chi connectivity index (χ1) is 17.3. The number of nitrogens with one attached hydrogen (secondary N) is 1. The Kier molecular flexibility index (Phi) is 12.6. The molecule has 8 nitrogen and oxygen atoms in total. The zero-order valence-corrected chi connectivity index (χ0v) is 20.7. The van der Waals surface area contributed by atoms with Gasteiger partial charge in [0.1, 0.15) is 24.0 Å². The molecule has 0 saturated heterocycles. The van der Waals surface area contributed by atoms with Gasteiger partial charge in [-0.2, -0.15) is 0 Å². The van der Waals surface area contributed by atoms with Crippen molar-refractivity contribution in [2.45, 2.75) is 39.2 Å².